The number of hydrogen-bond donors (Lipinski definition) is 1. The zero-order chi connectivity index (χ0) is 26.6. The molecule has 1 fully saturated rings. The van der Waals surface area contributed by atoms with Gasteiger partial charge in [0.25, 0.3) is 0 Å². The number of aromatic nitrogens is 1. The van der Waals surface area contributed by atoms with Crippen molar-refractivity contribution in [2.24, 2.45) is 5.92 Å². The van der Waals surface area contributed by atoms with Crippen molar-refractivity contribution >= 4 is 16.7 Å². The Morgan fingerprint density at radius 2 is 1.51 bits per heavy atom. The third kappa shape index (κ3) is 6.94. The van der Waals surface area contributed by atoms with Gasteiger partial charge in [-0.1, -0.05) is 37.5 Å². The quantitative estimate of drug-likeness (QED) is 0.304. The number of anilines is 1. The fourth-order valence-corrected chi connectivity index (χ4v) is 5.06. The van der Waals surface area contributed by atoms with Crippen LogP contribution in [-0.2, 0) is 25.4 Å². The average Bonchev–Trinajstić information content (AvgIpc) is 2.86. The summed E-state index contributed by atoms with van der Waals surface area (Å²) in [5, 5.41) is 3.99. The summed E-state index contributed by atoms with van der Waals surface area (Å²) in [4.78, 5) is 7.16. The second kappa shape index (κ2) is 11.3. The van der Waals surface area contributed by atoms with Gasteiger partial charge in [0.15, 0.2) is 0 Å². The summed E-state index contributed by atoms with van der Waals surface area (Å²) in [5.41, 5.74) is -0.990. The molecule has 0 atom stereocenters. The number of hydrogen-bond acceptors (Lipinski definition) is 3. The summed E-state index contributed by atoms with van der Waals surface area (Å²) in [6.07, 6.45) is -3.68. The predicted molar refractivity (Wildman–Crippen MR) is 133 cm³/mol. The van der Waals surface area contributed by atoms with Gasteiger partial charge in [-0.25, -0.2) is 4.98 Å². The highest BCUT2D eigenvalue weighted by Gasteiger charge is 2.36. The third-order valence-electron chi connectivity index (χ3n) is 6.96. The average molecular weight is 524 g/mol. The number of alkyl halides is 6. The van der Waals surface area contributed by atoms with Gasteiger partial charge in [0, 0.05) is 37.1 Å². The van der Waals surface area contributed by atoms with Crippen molar-refractivity contribution in [3.05, 3.63) is 70.8 Å². The number of benzene rings is 2. The smallest absolute Gasteiger partial charge is 0.356 e. The summed E-state index contributed by atoms with van der Waals surface area (Å²) < 4.78 is 79.5. The molecule has 0 amide bonds. The van der Waals surface area contributed by atoms with Crippen molar-refractivity contribution < 1.29 is 26.3 Å². The lowest BCUT2D eigenvalue weighted by molar-refractivity contribution is -0.143. The van der Waals surface area contributed by atoms with Crippen LogP contribution >= 0.6 is 0 Å². The van der Waals surface area contributed by atoms with Crippen LogP contribution in [0.4, 0.5) is 32.2 Å². The first-order valence-corrected chi connectivity index (χ1v) is 12.7. The first-order chi connectivity index (χ1) is 17.5. The minimum atomic E-state index is -4.87. The van der Waals surface area contributed by atoms with Crippen LogP contribution in [-0.4, -0.2) is 18.1 Å². The number of nitrogens with one attached hydrogen (secondary N) is 1. The van der Waals surface area contributed by atoms with Gasteiger partial charge in [0.1, 0.15) is 5.82 Å². The lowest BCUT2D eigenvalue weighted by Gasteiger charge is -2.31. The SMILES string of the molecule is CCN(CC1CCCCC1)c1nc2ccccc2cc1CNCc1cc(C(F)(F)F)cc(C(F)(F)F)c1. The van der Waals surface area contributed by atoms with Crippen molar-refractivity contribution in [2.45, 2.75) is 64.5 Å². The standard InChI is InChI=1S/C28H31F6N3/c1-2-37(18-19-8-4-3-5-9-19)26-22(14-21-10-6-7-11-25(21)36-26)17-35-16-20-12-23(27(29,30)31)15-24(13-20)28(32,33)34/h6-7,10-15,19,35H,2-5,8-9,16-18H2,1H3. The van der Waals surface area contributed by atoms with E-state index in [4.69, 9.17) is 4.98 Å². The molecule has 0 spiro atoms. The highest BCUT2D eigenvalue weighted by atomic mass is 19.4. The molecular weight excluding hydrogens is 492 g/mol. The maximum Gasteiger partial charge on any atom is 0.416 e. The van der Waals surface area contributed by atoms with Gasteiger partial charge >= 0.3 is 12.4 Å². The number of para-hydroxylation sites is 1. The lowest BCUT2D eigenvalue weighted by Crippen LogP contribution is -2.32. The molecule has 0 radical (unpaired) electrons. The molecule has 1 N–H and O–H groups in total. The van der Waals surface area contributed by atoms with Gasteiger partial charge in [-0.15, -0.1) is 0 Å². The van der Waals surface area contributed by atoms with E-state index in [9.17, 15) is 26.3 Å². The molecule has 1 saturated carbocycles. The van der Waals surface area contributed by atoms with E-state index in [1.165, 1.54) is 32.1 Å². The maximum absolute atomic E-state index is 13.2. The molecule has 4 rings (SSSR count). The number of rotatable bonds is 8. The van der Waals surface area contributed by atoms with Crippen molar-refractivity contribution in [1.82, 2.24) is 10.3 Å². The largest absolute Gasteiger partial charge is 0.416 e. The molecule has 1 aromatic heterocycles. The van der Waals surface area contributed by atoms with Crippen molar-refractivity contribution in [2.75, 3.05) is 18.0 Å². The summed E-state index contributed by atoms with van der Waals surface area (Å²) in [5.74, 6) is 1.38. The van der Waals surface area contributed by atoms with Crippen molar-refractivity contribution in [3.63, 3.8) is 0 Å². The summed E-state index contributed by atoms with van der Waals surface area (Å²) in [6.45, 7) is 3.80. The van der Waals surface area contributed by atoms with E-state index in [2.05, 4.69) is 17.1 Å². The van der Waals surface area contributed by atoms with Crippen LogP contribution in [0.2, 0.25) is 0 Å². The number of nitrogens with zero attached hydrogens (tertiary/aromatic N) is 2. The topological polar surface area (TPSA) is 28.2 Å². The van der Waals surface area contributed by atoms with Gasteiger partial charge in [-0.3, -0.25) is 0 Å². The van der Waals surface area contributed by atoms with Crippen LogP contribution in [0, 0.1) is 5.92 Å². The Morgan fingerprint density at radius 1 is 0.865 bits per heavy atom. The van der Waals surface area contributed by atoms with E-state index in [0.29, 0.717) is 5.92 Å². The highest BCUT2D eigenvalue weighted by Crippen LogP contribution is 2.36. The Bertz CT molecular complexity index is 1170. The van der Waals surface area contributed by atoms with Crippen LogP contribution in [0.5, 0.6) is 0 Å². The van der Waals surface area contributed by atoms with Crippen molar-refractivity contribution in [3.8, 4) is 0 Å². The first kappa shape index (κ1) is 27.2. The van der Waals surface area contributed by atoms with Crippen LogP contribution < -0.4 is 10.2 Å². The number of fused-ring (bicyclic) bond motifs is 1. The van der Waals surface area contributed by atoms with E-state index in [0.717, 1.165) is 47.5 Å². The fourth-order valence-electron chi connectivity index (χ4n) is 5.06. The van der Waals surface area contributed by atoms with Gasteiger partial charge in [0.2, 0.25) is 0 Å². The zero-order valence-corrected chi connectivity index (χ0v) is 20.7. The molecule has 0 unspecified atom stereocenters. The predicted octanol–water partition coefficient (Wildman–Crippen LogP) is 7.97. The lowest BCUT2D eigenvalue weighted by atomic mass is 9.89. The van der Waals surface area contributed by atoms with Crippen LogP contribution in [0.15, 0.2) is 48.5 Å². The molecule has 1 heterocycles. The highest BCUT2D eigenvalue weighted by molar-refractivity contribution is 5.81. The fraction of sp³-hybridized carbons (Fsp3) is 0.464. The Labute approximate surface area is 212 Å². The van der Waals surface area contributed by atoms with Crippen molar-refractivity contribution in [1.29, 1.82) is 0 Å². The van der Waals surface area contributed by atoms with Gasteiger partial charge < -0.3 is 10.2 Å². The molecule has 1 aliphatic carbocycles. The molecule has 1 aliphatic rings. The van der Waals surface area contributed by atoms with Crippen LogP contribution in [0.25, 0.3) is 10.9 Å². The van der Waals surface area contributed by atoms with Crippen LogP contribution in [0.1, 0.15) is 61.3 Å². The Kier molecular flexibility index (Phi) is 8.31. The molecule has 3 nitrogen and oxygen atoms in total. The third-order valence-corrected chi connectivity index (χ3v) is 6.96. The van der Waals surface area contributed by atoms with Gasteiger partial charge in [-0.05, 0) is 61.6 Å². The molecule has 0 bridgehead atoms. The summed E-state index contributed by atoms with van der Waals surface area (Å²) in [7, 11) is 0. The number of halogens is 6. The summed E-state index contributed by atoms with van der Waals surface area (Å²) in [6, 6.07) is 11.4. The molecular formula is C28H31F6N3. The van der Waals surface area contributed by atoms with E-state index < -0.39 is 23.5 Å². The monoisotopic (exact) mass is 523 g/mol. The van der Waals surface area contributed by atoms with E-state index in [1.807, 2.05) is 30.3 Å². The van der Waals surface area contributed by atoms with E-state index in [-0.39, 0.29) is 24.7 Å². The number of pyridine rings is 1. The normalized spacial score (nSPS) is 15.3. The Hall–Kier alpha value is -2.81. The zero-order valence-electron chi connectivity index (χ0n) is 20.7. The molecule has 2 aromatic carbocycles. The molecule has 0 saturated heterocycles. The maximum atomic E-state index is 13.2. The molecule has 3 aromatic rings. The summed E-state index contributed by atoms with van der Waals surface area (Å²) >= 11 is 0. The van der Waals surface area contributed by atoms with E-state index >= 15 is 0 Å². The molecule has 9 heteroatoms. The van der Waals surface area contributed by atoms with Crippen LogP contribution in [0.3, 0.4) is 0 Å². The second-order valence-electron chi connectivity index (χ2n) is 9.72. The Balaban J connectivity index is 1.59. The Morgan fingerprint density at radius 3 is 2.14 bits per heavy atom. The van der Waals surface area contributed by atoms with Gasteiger partial charge in [0.05, 0.1) is 16.6 Å². The van der Waals surface area contributed by atoms with E-state index in [1.54, 1.807) is 0 Å². The second-order valence-corrected chi connectivity index (χ2v) is 9.72. The minimum absolute atomic E-state index is 0.0769. The van der Waals surface area contributed by atoms with Gasteiger partial charge in [-0.2, -0.15) is 26.3 Å². The minimum Gasteiger partial charge on any atom is -0.356 e. The first-order valence-electron chi connectivity index (χ1n) is 12.7. The molecule has 37 heavy (non-hydrogen) atoms. The molecule has 0 aliphatic heterocycles. The molecule has 200 valence electrons.